The van der Waals surface area contributed by atoms with Crippen LogP contribution in [0.1, 0.15) is 5.56 Å². The fourth-order valence-corrected chi connectivity index (χ4v) is 1.48. The van der Waals surface area contributed by atoms with E-state index in [0.29, 0.717) is 5.56 Å². The predicted octanol–water partition coefficient (Wildman–Crippen LogP) is 2.74. The zero-order chi connectivity index (χ0) is 13.0. The van der Waals surface area contributed by atoms with Gasteiger partial charge in [-0.3, -0.25) is 10.1 Å². The third-order valence-electron chi connectivity index (χ3n) is 2.34. The molecule has 1 aromatic heterocycles. The molecule has 0 unspecified atom stereocenters. The molecule has 2 aromatic rings. The highest BCUT2D eigenvalue weighted by atomic mass is 19.1. The molecule has 6 heteroatoms. The number of hydrogen-bond donors (Lipinski definition) is 1. The van der Waals surface area contributed by atoms with Crippen LogP contribution in [0.2, 0.25) is 0 Å². The molecule has 5 nitrogen and oxygen atoms in total. The van der Waals surface area contributed by atoms with E-state index in [1.165, 1.54) is 30.5 Å². The van der Waals surface area contributed by atoms with Crippen molar-refractivity contribution in [2.75, 3.05) is 5.32 Å². The zero-order valence-corrected chi connectivity index (χ0v) is 9.34. The molecule has 0 saturated carbocycles. The summed E-state index contributed by atoms with van der Waals surface area (Å²) in [6.07, 6.45) is 1.47. The van der Waals surface area contributed by atoms with Crippen molar-refractivity contribution in [1.29, 1.82) is 0 Å². The van der Waals surface area contributed by atoms with E-state index < -0.39 is 10.7 Å². The topological polar surface area (TPSA) is 68.1 Å². The van der Waals surface area contributed by atoms with Crippen molar-refractivity contribution in [2.45, 2.75) is 6.54 Å². The second-order valence-electron chi connectivity index (χ2n) is 3.61. The molecule has 0 aliphatic carbocycles. The van der Waals surface area contributed by atoms with Gasteiger partial charge >= 0.3 is 0 Å². The number of nitrogens with one attached hydrogen (secondary N) is 1. The van der Waals surface area contributed by atoms with Gasteiger partial charge in [0.15, 0.2) is 11.6 Å². The molecule has 0 aliphatic rings. The summed E-state index contributed by atoms with van der Waals surface area (Å²) in [5.41, 5.74) is 0.699. The Morgan fingerprint density at radius 2 is 2.17 bits per heavy atom. The summed E-state index contributed by atoms with van der Waals surface area (Å²) in [7, 11) is 0. The lowest BCUT2D eigenvalue weighted by Crippen LogP contribution is -2.03. The number of non-ortho nitro benzene ring substituents is 1. The Balaban J connectivity index is 2.09. The smallest absolute Gasteiger partial charge is 0.269 e. The molecule has 0 saturated heterocycles. The molecule has 0 fully saturated rings. The van der Waals surface area contributed by atoms with E-state index in [1.54, 1.807) is 12.1 Å². The van der Waals surface area contributed by atoms with Gasteiger partial charge in [0.2, 0.25) is 0 Å². The standard InChI is InChI=1S/C12H10FN3O2/c13-11-5-2-6-14-12(11)15-8-9-3-1-4-10(7-9)16(17)18/h1-7H,8H2,(H,14,15). The van der Waals surface area contributed by atoms with Gasteiger partial charge < -0.3 is 5.32 Å². The average Bonchev–Trinajstić information content (AvgIpc) is 2.38. The van der Waals surface area contributed by atoms with Gasteiger partial charge in [-0.1, -0.05) is 12.1 Å². The molecule has 92 valence electrons. The highest BCUT2D eigenvalue weighted by molar-refractivity contribution is 5.39. The molecule has 0 bridgehead atoms. The van der Waals surface area contributed by atoms with Crippen LogP contribution in [0.5, 0.6) is 0 Å². The first-order chi connectivity index (χ1) is 8.66. The Morgan fingerprint density at radius 1 is 1.33 bits per heavy atom. The maximum Gasteiger partial charge on any atom is 0.269 e. The highest BCUT2D eigenvalue weighted by Crippen LogP contribution is 2.15. The minimum Gasteiger partial charge on any atom is -0.364 e. The van der Waals surface area contributed by atoms with E-state index >= 15 is 0 Å². The van der Waals surface area contributed by atoms with Crippen LogP contribution < -0.4 is 5.32 Å². The number of pyridine rings is 1. The average molecular weight is 247 g/mol. The Hall–Kier alpha value is -2.50. The van der Waals surface area contributed by atoms with Gasteiger partial charge in [-0.25, -0.2) is 9.37 Å². The summed E-state index contributed by atoms with van der Waals surface area (Å²) >= 11 is 0. The highest BCUT2D eigenvalue weighted by Gasteiger charge is 2.06. The molecule has 0 spiro atoms. The summed E-state index contributed by atoms with van der Waals surface area (Å²) in [5.74, 6) is -0.327. The van der Waals surface area contributed by atoms with Crippen LogP contribution in [-0.2, 0) is 6.54 Å². The third-order valence-corrected chi connectivity index (χ3v) is 2.34. The predicted molar refractivity (Wildman–Crippen MR) is 64.6 cm³/mol. The van der Waals surface area contributed by atoms with E-state index in [9.17, 15) is 14.5 Å². The second-order valence-corrected chi connectivity index (χ2v) is 3.61. The van der Waals surface area contributed by atoms with Crippen molar-refractivity contribution in [1.82, 2.24) is 4.98 Å². The molecular weight excluding hydrogens is 237 g/mol. The fourth-order valence-electron chi connectivity index (χ4n) is 1.48. The van der Waals surface area contributed by atoms with E-state index in [0.717, 1.165) is 0 Å². The fraction of sp³-hybridized carbons (Fsp3) is 0.0833. The van der Waals surface area contributed by atoms with Crippen LogP contribution in [0.25, 0.3) is 0 Å². The first-order valence-corrected chi connectivity index (χ1v) is 5.24. The van der Waals surface area contributed by atoms with Crippen LogP contribution in [0, 0.1) is 15.9 Å². The summed E-state index contributed by atoms with van der Waals surface area (Å²) < 4.78 is 13.3. The molecule has 18 heavy (non-hydrogen) atoms. The Labute approximate surface area is 102 Å². The number of rotatable bonds is 4. The number of nitro groups is 1. The number of nitrogens with zero attached hydrogens (tertiary/aromatic N) is 2. The lowest BCUT2D eigenvalue weighted by molar-refractivity contribution is -0.384. The number of aromatic nitrogens is 1. The van der Waals surface area contributed by atoms with Crippen molar-refractivity contribution >= 4 is 11.5 Å². The van der Waals surface area contributed by atoms with Crippen LogP contribution in [-0.4, -0.2) is 9.91 Å². The largest absolute Gasteiger partial charge is 0.364 e. The van der Waals surface area contributed by atoms with Crippen LogP contribution in [0.3, 0.4) is 0 Å². The van der Waals surface area contributed by atoms with E-state index in [4.69, 9.17) is 0 Å². The summed E-state index contributed by atoms with van der Waals surface area (Å²) in [6, 6.07) is 8.94. The van der Waals surface area contributed by atoms with Crippen molar-refractivity contribution in [2.24, 2.45) is 0 Å². The molecule has 1 heterocycles. The molecule has 1 aromatic carbocycles. The minimum atomic E-state index is -0.467. The van der Waals surface area contributed by atoms with Gasteiger partial charge in [-0.05, 0) is 17.7 Å². The third kappa shape index (κ3) is 2.79. The maximum atomic E-state index is 13.3. The Bertz CT molecular complexity index is 575. The van der Waals surface area contributed by atoms with E-state index in [1.807, 2.05) is 0 Å². The van der Waals surface area contributed by atoms with Gasteiger partial charge in [-0.15, -0.1) is 0 Å². The van der Waals surface area contributed by atoms with Gasteiger partial charge in [0, 0.05) is 24.9 Å². The minimum absolute atomic E-state index is 0.00999. The van der Waals surface area contributed by atoms with Crippen molar-refractivity contribution in [3.05, 3.63) is 64.1 Å². The Kier molecular flexibility index (Phi) is 3.47. The van der Waals surface area contributed by atoms with Crippen molar-refractivity contribution in [3.8, 4) is 0 Å². The molecular formula is C12H10FN3O2. The second kappa shape index (κ2) is 5.22. The van der Waals surface area contributed by atoms with Crippen LogP contribution in [0.15, 0.2) is 42.6 Å². The number of anilines is 1. The first kappa shape index (κ1) is 12.0. The molecule has 0 atom stereocenters. The van der Waals surface area contributed by atoms with E-state index in [-0.39, 0.29) is 18.1 Å². The maximum absolute atomic E-state index is 13.3. The SMILES string of the molecule is O=[N+]([O-])c1cccc(CNc2ncccc2F)c1. The number of hydrogen-bond acceptors (Lipinski definition) is 4. The first-order valence-electron chi connectivity index (χ1n) is 5.24. The summed E-state index contributed by atoms with van der Waals surface area (Å²) in [4.78, 5) is 14.0. The Morgan fingerprint density at radius 3 is 2.89 bits per heavy atom. The molecule has 0 aliphatic heterocycles. The molecule has 0 amide bonds. The van der Waals surface area contributed by atoms with Gasteiger partial charge in [-0.2, -0.15) is 0 Å². The van der Waals surface area contributed by atoms with Crippen LogP contribution >= 0.6 is 0 Å². The van der Waals surface area contributed by atoms with E-state index in [2.05, 4.69) is 10.3 Å². The quantitative estimate of drug-likeness (QED) is 0.666. The monoisotopic (exact) mass is 247 g/mol. The number of nitro benzene ring substituents is 1. The van der Waals surface area contributed by atoms with Gasteiger partial charge in [0.1, 0.15) is 0 Å². The summed E-state index contributed by atoms with van der Waals surface area (Å²) in [5, 5.41) is 13.4. The van der Waals surface area contributed by atoms with Crippen LogP contribution in [0.4, 0.5) is 15.9 Å². The van der Waals surface area contributed by atoms with Crippen molar-refractivity contribution < 1.29 is 9.31 Å². The normalized spacial score (nSPS) is 10.1. The molecule has 2 rings (SSSR count). The zero-order valence-electron chi connectivity index (χ0n) is 9.34. The molecule has 1 N–H and O–H groups in total. The number of halogens is 1. The molecule has 0 radical (unpaired) electrons. The lowest BCUT2D eigenvalue weighted by atomic mass is 10.2. The van der Waals surface area contributed by atoms with Gasteiger partial charge in [0.05, 0.1) is 4.92 Å². The summed E-state index contributed by atoms with van der Waals surface area (Å²) in [6.45, 7) is 0.273. The van der Waals surface area contributed by atoms with Gasteiger partial charge in [0.25, 0.3) is 5.69 Å². The lowest BCUT2D eigenvalue weighted by Gasteiger charge is -2.06. The number of benzene rings is 1. The van der Waals surface area contributed by atoms with Crippen molar-refractivity contribution in [3.63, 3.8) is 0 Å².